The van der Waals surface area contributed by atoms with Crippen molar-refractivity contribution in [2.75, 3.05) is 5.32 Å². The molecule has 3 rings (SSSR count). The van der Waals surface area contributed by atoms with Gasteiger partial charge in [0.25, 0.3) is 0 Å². The van der Waals surface area contributed by atoms with E-state index in [1.807, 2.05) is 43.3 Å². The standard InChI is InChI=1S/C16H16N4O2/c1-11-8-14(20(2)19-11)18-15(21)9-13-10-22-16(17-13)12-6-4-3-5-7-12/h3-8,10H,9H2,1-2H3,(H,18,21). The van der Waals surface area contributed by atoms with Crippen LogP contribution in [0.5, 0.6) is 0 Å². The highest BCUT2D eigenvalue weighted by Crippen LogP contribution is 2.18. The average Bonchev–Trinajstić information content (AvgIpc) is 3.07. The molecule has 0 saturated carbocycles. The maximum Gasteiger partial charge on any atom is 0.231 e. The van der Waals surface area contributed by atoms with Gasteiger partial charge in [0, 0.05) is 18.7 Å². The molecule has 0 unspecified atom stereocenters. The first kappa shape index (κ1) is 14.1. The van der Waals surface area contributed by atoms with Gasteiger partial charge in [-0.1, -0.05) is 18.2 Å². The lowest BCUT2D eigenvalue weighted by molar-refractivity contribution is -0.115. The van der Waals surface area contributed by atoms with Crippen LogP contribution in [0.4, 0.5) is 5.82 Å². The van der Waals surface area contributed by atoms with Gasteiger partial charge in [-0.2, -0.15) is 5.10 Å². The SMILES string of the molecule is Cc1cc(NC(=O)Cc2coc(-c3ccccc3)n2)n(C)n1. The number of hydrogen-bond donors (Lipinski definition) is 1. The van der Waals surface area contributed by atoms with E-state index >= 15 is 0 Å². The number of nitrogens with one attached hydrogen (secondary N) is 1. The Morgan fingerprint density at radius 3 is 2.77 bits per heavy atom. The monoisotopic (exact) mass is 296 g/mol. The number of rotatable bonds is 4. The summed E-state index contributed by atoms with van der Waals surface area (Å²) < 4.78 is 7.05. The van der Waals surface area contributed by atoms with Crippen molar-refractivity contribution in [3.63, 3.8) is 0 Å². The maximum atomic E-state index is 12.1. The van der Waals surface area contributed by atoms with E-state index in [1.165, 1.54) is 6.26 Å². The van der Waals surface area contributed by atoms with Crippen LogP contribution in [0.15, 0.2) is 47.1 Å². The fraction of sp³-hybridized carbons (Fsp3) is 0.188. The molecule has 0 fully saturated rings. The Balaban J connectivity index is 1.67. The number of hydrogen-bond acceptors (Lipinski definition) is 4. The van der Waals surface area contributed by atoms with Crippen LogP contribution in [-0.2, 0) is 18.3 Å². The third kappa shape index (κ3) is 3.06. The quantitative estimate of drug-likeness (QED) is 0.803. The third-order valence-electron chi connectivity index (χ3n) is 3.18. The molecule has 2 aromatic heterocycles. The van der Waals surface area contributed by atoms with Crippen molar-refractivity contribution >= 4 is 11.7 Å². The number of carbonyl (C=O) groups excluding carboxylic acids is 1. The lowest BCUT2D eigenvalue weighted by Gasteiger charge is -2.03. The predicted molar refractivity (Wildman–Crippen MR) is 82.2 cm³/mol. The summed E-state index contributed by atoms with van der Waals surface area (Å²) >= 11 is 0. The molecule has 6 heteroatoms. The van der Waals surface area contributed by atoms with Crippen molar-refractivity contribution in [1.29, 1.82) is 0 Å². The number of carbonyl (C=O) groups is 1. The van der Waals surface area contributed by atoms with Gasteiger partial charge >= 0.3 is 0 Å². The molecule has 0 aliphatic rings. The third-order valence-corrected chi connectivity index (χ3v) is 3.18. The first-order valence-electron chi connectivity index (χ1n) is 6.92. The highest BCUT2D eigenvalue weighted by atomic mass is 16.3. The van der Waals surface area contributed by atoms with Gasteiger partial charge in [0.1, 0.15) is 12.1 Å². The topological polar surface area (TPSA) is 73.0 Å². The van der Waals surface area contributed by atoms with Gasteiger partial charge in [0.15, 0.2) is 0 Å². The minimum atomic E-state index is -0.157. The number of amides is 1. The van der Waals surface area contributed by atoms with Crippen LogP contribution in [0.1, 0.15) is 11.4 Å². The van der Waals surface area contributed by atoms with Crippen LogP contribution in [0.25, 0.3) is 11.5 Å². The minimum Gasteiger partial charge on any atom is -0.444 e. The van der Waals surface area contributed by atoms with E-state index < -0.39 is 0 Å². The van der Waals surface area contributed by atoms with E-state index in [9.17, 15) is 4.79 Å². The number of anilines is 1. The van der Waals surface area contributed by atoms with E-state index in [-0.39, 0.29) is 12.3 Å². The molecule has 1 amide bonds. The summed E-state index contributed by atoms with van der Waals surface area (Å²) in [5.74, 6) is 1.02. The van der Waals surface area contributed by atoms with Crippen LogP contribution >= 0.6 is 0 Å². The molecular formula is C16H16N4O2. The average molecular weight is 296 g/mol. The molecule has 0 bridgehead atoms. The number of nitrogens with zero attached hydrogens (tertiary/aromatic N) is 3. The normalized spacial score (nSPS) is 10.6. The minimum absolute atomic E-state index is 0.153. The van der Waals surface area contributed by atoms with Crippen molar-refractivity contribution in [3.8, 4) is 11.5 Å². The van der Waals surface area contributed by atoms with E-state index in [2.05, 4.69) is 15.4 Å². The molecule has 1 aromatic carbocycles. The van der Waals surface area contributed by atoms with Crippen LogP contribution in [0.3, 0.4) is 0 Å². The van der Waals surface area contributed by atoms with Crippen molar-refractivity contribution in [1.82, 2.24) is 14.8 Å². The Bertz CT molecular complexity index is 790. The van der Waals surface area contributed by atoms with Crippen LogP contribution in [-0.4, -0.2) is 20.7 Å². The van der Waals surface area contributed by atoms with Gasteiger partial charge in [-0.05, 0) is 19.1 Å². The second-order valence-corrected chi connectivity index (χ2v) is 5.03. The van der Waals surface area contributed by atoms with Crippen molar-refractivity contribution in [2.24, 2.45) is 7.05 Å². The molecule has 0 saturated heterocycles. The molecule has 0 atom stereocenters. The van der Waals surface area contributed by atoms with E-state index in [0.717, 1.165) is 11.3 Å². The summed E-state index contributed by atoms with van der Waals surface area (Å²) in [4.78, 5) is 16.4. The lowest BCUT2D eigenvalue weighted by Crippen LogP contribution is -2.16. The van der Waals surface area contributed by atoms with E-state index in [4.69, 9.17) is 4.42 Å². The van der Waals surface area contributed by atoms with Crippen LogP contribution in [0, 0.1) is 6.92 Å². The van der Waals surface area contributed by atoms with Gasteiger partial charge < -0.3 is 9.73 Å². The van der Waals surface area contributed by atoms with Crippen LogP contribution in [0.2, 0.25) is 0 Å². The molecule has 0 radical (unpaired) electrons. The Labute approximate surface area is 127 Å². The largest absolute Gasteiger partial charge is 0.444 e. The smallest absolute Gasteiger partial charge is 0.231 e. The van der Waals surface area contributed by atoms with E-state index in [0.29, 0.717) is 17.4 Å². The lowest BCUT2D eigenvalue weighted by atomic mass is 10.2. The summed E-state index contributed by atoms with van der Waals surface area (Å²) in [5, 5.41) is 6.99. The van der Waals surface area contributed by atoms with Gasteiger partial charge in [-0.15, -0.1) is 0 Å². The number of aryl methyl sites for hydroxylation is 2. The first-order chi connectivity index (χ1) is 10.6. The molecule has 1 N–H and O–H groups in total. The highest BCUT2D eigenvalue weighted by Gasteiger charge is 2.12. The summed E-state index contributed by atoms with van der Waals surface area (Å²) in [7, 11) is 1.78. The Morgan fingerprint density at radius 2 is 2.09 bits per heavy atom. The van der Waals surface area contributed by atoms with Gasteiger partial charge in [-0.25, -0.2) is 4.98 Å². The second-order valence-electron chi connectivity index (χ2n) is 5.03. The van der Waals surface area contributed by atoms with Gasteiger partial charge in [0.05, 0.1) is 17.8 Å². The first-order valence-corrected chi connectivity index (χ1v) is 6.92. The van der Waals surface area contributed by atoms with Crippen molar-refractivity contribution in [2.45, 2.75) is 13.3 Å². The van der Waals surface area contributed by atoms with Gasteiger partial charge in [0.2, 0.25) is 11.8 Å². The highest BCUT2D eigenvalue weighted by molar-refractivity contribution is 5.91. The Hall–Kier alpha value is -2.89. The molecule has 3 aromatic rings. The van der Waals surface area contributed by atoms with Crippen molar-refractivity contribution < 1.29 is 9.21 Å². The zero-order valence-electron chi connectivity index (χ0n) is 12.4. The molecule has 22 heavy (non-hydrogen) atoms. The summed E-state index contributed by atoms with van der Waals surface area (Å²) in [6.45, 7) is 1.87. The number of aromatic nitrogens is 3. The molecule has 0 spiro atoms. The summed E-state index contributed by atoms with van der Waals surface area (Å²) in [6, 6.07) is 11.4. The van der Waals surface area contributed by atoms with E-state index in [1.54, 1.807) is 11.7 Å². The summed E-state index contributed by atoms with van der Waals surface area (Å²) in [6.07, 6.45) is 1.66. The fourth-order valence-electron chi connectivity index (χ4n) is 2.18. The maximum absolute atomic E-state index is 12.1. The molecule has 0 aliphatic carbocycles. The molecule has 6 nitrogen and oxygen atoms in total. The molecular weight excluding hydrogens is 280 g/mol. The molecule has 112 valence electrons. The number of benzene rings is 1. The molecule has 2 heterocycles. The van der Waals surface area contributed by atoms with Gasteiger partial charge in [-0.3, -0.25) is 9.48 Å². The summed E-state index contributed by atoms with van der Waals surface area (Å²) in [5.41, 5.74) is 2.33. The zero-order valence-corrected chi connectivity index (χ0v) is 12.4. The van der Waals surface area contributed by atoms with Crippen molar-refractivity contribution in [3.05, 3.63) is 54.0 Å². The Kier molecular flexibility index (Phi) is 3.74. The van der Waals surface area contributed by atoms with Crippen LogP contribution < -0.4 is 5.32 Å². The fourth-order valence-corrected chi connectivity index (χ4v) is 2.18. The molecule has 0 aliphatic heterocycles. The number of oxazole rings is 1. The zero-order chi connectivity index (χ0) is 15.5. The predicted octanol–water partition coefficient (Wildman–Crippen LogP) is 2.56. The second kappa shape index (κ2) is 5.85. The Morgan fingerprint density at radius 1 is 1.32 bits per heavy atom.